The highest BCUT2D eigenvalue weighted by atomic mass is 19.1. The zero-order valence-electron chi connectivity index (χ0n) is 22.1. The van der Waals surface area contributed by atoms with Gasteiger partial charge in [0.25, 0.3) is 0 Å². The molecule has 1 fully saturated rings. The van der Waals surface area contributed by atoms with Gasteiger partial charge in [0.15, 0.2) is 0 Å². The predicted octanol–water partition coefficient (Wildman–Crippen LogP) is 4.76. The molecule has 1 aliphatic rings. The maximum atomic E-state index is 14.0. The third kappa shape index (κ3) is 5.98. The molecule has 9 heteroatoms. The molecule has 0 bridgehead atoms. The summed E-state index contributed by atoms with van der Waals surface area (Å²) in [7, 11) is 0. The van der Waals surface area contributed by atoms with Crippen LogP contribution in [0.15, 0.2) is 72.8 Å². The summed E-state index contributed by atoms with van der Waals surface area (Å²) in [5.74, 6) is -0.859. The molecular formula is C30H32FN5O3. The van der Waals surface area contributed by atoms with Crippen LogP contribution in [-0.2, 0) is 20.9 Å². The van der Waals surface area contributed by atoms with Crippen LogP contribution in [0.4, 0.5) is 10.1 Å². The zero-order valence-corrected chi connectivity index (χ0v) is 22.1. The van der Waals surface area contributed by atoms with Gasteiger partial charge in [-0.3, -0.25) is 14.5 Å². The van der Waals surface area contributed by atoms with Crippen molar-refractivity contribution in [2.24, 2.45) is 0 Å². The highest BCUT2D eigenvalue weighted by Gasteiger charge is 2.34. The smallest absolute Gasteiger partial charge is 0.249 e. The second-order valence-electron chi connectivity index (χ2n) is 10.1. The van der Waals surface area contributed by atoms with Crippen molar-refractivity contribution in [1.29, 1.82) is 0 Å². The fraction of sp³-hybridized carbons (Fsp3) is 0.333. The lowest BCUT2D eigenvalue weighted by molar-refractivity contribution is -0.127. The fourth-order valence-electron chi connectivity index (χ4n) is 4.87. The lowest BCUT2D eigenvalue weighted by Crippen LogP contribution is -2.46. The first kappa shape index (κ1) is 26.5. The highest BCUT2D eigenvalue weighted by molar-refractivity contribution is 6.01. The lowest BCUT2D eigenvalue weighted by atomic mass is 9.97. The van der Waals surface area contributed by atoms with Gasteiger partial charge < -0.3 is 10.1 Å². The number of aromatic nitrogens is 3. The monoisotopic (exact) mass is 529 g/mol. The summed E-state index contributed by atoms with van der Waals surface area (Å²) in [6, 6.07) is 19.6. The Morgan fingerprint density at radius 1 is 1.05 bits per heavy atom. The molecule has 0 saturated carbocycles. The van der Waals surface area contributed by atoms with Crippen LogP contribution in [0.25, 0.3) is 11.0 Å². The Morgan fingerprint density at radius 2 is 1.77 bits per heavy atom. The van der Waals surface area contributed by atoms with Gasteiger partial charge >= 0.3 is 0 Å². The molecule has 5 rings (SSSR count). The van der Waals surface area contributed by atoms with E-state index in [-0.39, 0.29) is 24.5 Å². The van der Waals surface area contributed by atoms with Gasteiger partial charge in [-0.25, -0.2) is 9.07 Å². The van der Waals surface area contributed by atoms with Crippen molar-refractivity contribution < 1.29 is 18.7 Å². The molecule has 8 nitrogen and oxygen atoms in total. The van der Waals surface area contributed by atoms with Crippen molar-refractivity contribution >= 4 is 28.5 Å². The number of ether oxygens (including phenoxy) is 1. The van der Waals surface area contributed by atoms with Crippen molar-refractivity contribution in [3.63, 3.8) is 0 Å². The van der Waals surface area contributed by atoms with Gasteiger partial charge in [-0.1, -0.05) is 55.5 Å². The van der Waals surface area contributed by atoms with Gasteiger partial charge in [0, 0.05) is 18.8 Å². The second-order valence-corrected chi connectivity index (χ2v) is 10.1. The van der Waals surface area contributed by atoms with E-state index in [1.165, 1.54) is 33.8 Å². The number of amides is 2. The summed E-state index contributed by atoms with van der Waals surface area (Å²) in [5.41, 5.74) is 3.52. The molecule has 2 heterocycles. The predicted molar refractivity (Wildman–Crippen MR) is 147 cm³/mol. The van der Waals surface area contributed by atoms with Crippen LogP contribution in [0.1, 0.15) is 49.8 Å². The van der Waals surface area contributed by atoms with E-state index >= 15 is 0 Å². The third-order valence-corrected chi connectivity index (χ3v) is 7.03. The molecular weight excluding hydrogens is 497 g/mol. The van der Waals surface area contributed by atoms with E-state index in [4.69, 9.17) is 4.74 Å². The van der Waals surface area contributed by atoms with Gasteiger partial charge in [0.2, 0.25) is 11.8 Å². The summed E-state index contributed by atoms with van der Waals surface area (Å²) in [6.45, 7) is 5.05. The van der Waals surface area contributed by atoms with Crippen molar-refractivity contribution in [2.75, 3.05) is 18.1 Å². The van der Waals surface area contributed by atoms with Gasteiger partial charge in [-0.2, -0.15) is 0 Å². The second kappa shape index (κ2) is 11.7. The van der Waals surface area contributed by atoms with Crippen molar-refractivity contribution in [1.82, 2.24) is 20.3 Å². The number of nitrogens with one attached hydrogen (secondary N) is 1. The van der Waals surface area contributed by atoms with E-state index in [2.05, 4.69) is 29.5 Å². The van der Waals surface area contributed by atoms with E-state index < -0.39 is 11.9 Å². The molecule has 0 aliphatic carbocycles. The number of para-hydroxylation sites is 1. The molecule has 1 saturated heterocycles. The van der Waals surface area contributed by atoms with Crippen LogP contribution >= 0.6 is 0 Å². The number of benzene rings is 3. The largest absolute Gasteiger partial charge is 0.376 e. The number of hydrogen-bond acceptors (Lipinski definition) is 5. The van der Waals surface area contributed by atoms with Crippen molar-refractivity contribution in [3.8, 4) is 0 Å². The number of halogens is 1. The number of nitrogens with zero attached hydrogens (tertiary/aromatic N) is 4. The Kier molecular flexibility index (Phi) is 7.97. The van der Waals surface area contributed by atoms with Crippen LogP contribution in [0.5, 0.6) is 0 Å². The van der Waals surface area contributed by atoms with Crippen molar-refractivity contribution in [2.45, 2.75) is 51.3 Å². The van der Waals surface area contributed by atoms with Crippen LogP contribution in [0.2, 0.25) is 0 Å². The Labute approximate surface area is 226 Å². The molecule has 4 aromatic rings. The number of anilines is 1. The quantitative estimate of drug-likeness (QED) is 0.338. The summed E-state index contributed by atoms with van der Waals surface area (Å²) in [4.78, 5) is 29.3. The van der Waals surface area contributed by atoms with Gasteiger partial charge in [0.1, 0.15) is 23.9 Å². The maximum absolute atomic E-state index is 14.0. The van der Waals surface area contributed by atoms with E-state index in [0.717, 1.165) is 18.4 Å². The molecule has 0 radical (unpaired) electrons. The molecule has 0 spiro atoms. The minimum Gasteiger partial charge on any atom is -0.376 e. The van der Waals surface area contributed by atoms with Crippen LogP contribution < -0.4 is 10.2 Å². The molecule has 3 aromatic carbocycles. The molecule has 2 amide bonds. The number of carbonyl (C=O) groups is 2. The molecule has 39 heavy (non-hydrogen) atoms. The molecule has 0 unspecified atom stereocenters. The van der Waals surface area contributed by atoms with E-state index in [0.29, 0.717) is 41.4 Å². The summed E-state index contributed by atoms with van der Waals surface area (Å²) < 4.78 is 21.1. The molecule has 1 aliphatic heterocycles. The van der Waals surface area contributed by atoms with E-state index in [1.54, 1.807) is 0 Å². The number of carbonyl (C=O) groups excluding carboxylic acids is 2. The van der Waals surface area contributed by atoms with Crippen LogP contribution in [-0.4, -0.2) is 46.1 Å². The Balaban J connectivity index is 1.54. The minimum atomic E-state index is -1.000. The minimum absolute atomic E-state index is 0.0607. The standard InChI is InChI=1S/C30H32FN5O3/c1-20(2)21-9-11-22(12-10-21)29(30(38)32-18-25-6-5-17-39-25)36(24-15-13-23(31)14-16-24)28(37)19-35-27-8-4-3-7-26(27)33-34-35/h3-4,7-16,20,25,29H,5-6,17-19H2,1-2H3,(H,32,38)/t25-,29-/m1/s1. The Bertz CT molecular complexity index is 1430. The SMILES string of the molecule is CC(C)c1ccc([C@H](C(=O)NC[C@H]2CCCO2)N(C(=O)Cn2nnc3ccccc32)c2ccc(F)cc2)cc1. The van der Waals surface area contributed by atoms with Gasteiger partial charge in [-0.05, 0) is 66.3 Å². The average Bonchev–Trinajstić information content (AvgIpc) is 3.61. The topological polar surface area (TPSA) is 89.4 Å². The molecule has 1 N–H and O–H groups in total. The molecule has 202 valence electrons. The first-order valence-electron chi connectivity index (χ1n) is 13.3. The summed E-state index contributed by atoms with van der Waals surface area (Å²) in [5, 5.41) is 11.3. The Hall–Kier alpha value is -4.11. The van der Waals surface area contributed by atoms with E-state index in [9.17, 15) is 14.0 Å². The fourth-order valence-corrected chi connectivity index (χ4v) is 4.87. The molecule has 1 aromatic heterocycles. The van der Waals surface area contributed by atoms with Crippen molar-refractivity contribution in [3.05, 3.63) is 89.7 Å². The van der Waals surface area contributed by atoms with E-state index in [1.807, 2.05) is 48.5 Å². The molecule has 2 atom stereocenters. The summed E-state index contributed by atoms with van der Waals surface area (Å²) >= 11 is 0. The normalized spacial score (nSPS) is 15.9. The number of rotatable bonds is 9. The number of fused-ring (bicyclic) bond motifs is 1. The lowest BCUT2D eigenvalue weighted by Gasteiger charge is -2.32. The Morgan fingerprint density at radius 3 is 2.46 bits per heavy atom. The van der Waals surface area contributed by atoms with Gasteiger partial charge in [0.05, 0.1) is 11.6 Å². The van der Waals surface area contributed by atoms with Crippen LogP contribution in [0, 0.1) is 5.82 Å². The van der Waals surface area contributed by atoms with Crippen LogP contribution in [0.3, 0.4) is 0 Å². The zero-order chi connectivity index (χ0) is 27.4. The summed E-state index contributed by atoms with van der Waals surface area (Å²) in [6.07, 6.45) is 1.76. The maximum Gasteiger partial charge on any atom is 0.249 e. The number of hydrogen-bond donors (Lipinski definition) is 1. The average molecular weight is 530 g/mol. The van der Waals surface area contributed by atoms with Gasteiger partial charge in [-0.15, -0.1) is 5.10 Å². The first-order chi connectivity index (χ1) is 18.9. The third-order valence-electron chi connectivity index (χ3n) is 7.03. The highest BCUT2D eigenvalue weighted by Crippen LogP contribution is 2.30. The first-order valence-corrected chi connectivity index (χ1v) is 13.3.